The molecule has 58 valence electrons. The van der Waals surface area contributed by atoms with E-state index in [1.807, 2.05) is 5.18 Å². The molecule has 0 heterocycles. The standard InChI is InChI=1S/C6H5NO4/c8-5(7-11)3-1-2-4-6(9)10/h1-4H,(H,9,10)/b3-1-,4-2+. The number of aliphatic carboxylic acids is 1. The Labute approximate surface area is 62.0 Å². The van der Waals surface area contributed by atoms with Crippen LogP contribution in [0.5, 0.6) is 0 Å². The van der Waals surface area contributed by atoms with Crippen molar-refractivity contribution in [3.8, 4) is 0 Å². The highest BCUT2D eigenvalue weighted by atomic mass is 16.4. The van der Waals surface area contributed by atoms with Crippen LogP contribution in [0.2, 0.25) is 0 Å². The number of carboxylic acids is 1. The zero-order valence-corrected chi connectivity index (χ0v) is 5.43. The molecule has 1 amide bonds. The molecule has 0 atom stereocenters. The summed E-state index contributed by atoms with van der Waals surface area (Å²) in [6.07, 6.45) is 3.93. The van der Waals surface area contributed by atoms with Crippen LogP contribution < -0.4 is 0 Å². The van der Waals surface area contributed by atoms with Crippen LogP contribution in [-0.4, -0.2) is 17.0 Å². The summed E-state index contributed by atoms with van der Waals surface area (Å²) < 4.78 is 0. The molecule has 0 aliphatic heterocycles. The third-order valence-electron chi connectivity index (χ3n) is 0.679. The first-order valence-corrected chi connectivity index (χ1v) is 2.62. The van der Waals surface area contributed by atoms with E-state index in [4.69, 9.17) is 5.11 Å². The minimum atomic E-state index is -1.12. The first kappa shape index (κ1) is 9.22. The lowest BCUT2D eigenvalue weighted by atomic mass is 10.4. The van der Waals surface area contributed by atoms with Crippen LogP contribution in [0.3, 0.4) is 0 Å². The molecule has 0 saturated heterocycles. The van der Waals surface area contributed by atoms with Crippen molar-refractivity contribution in [1.29, 1.82) is 0 Å². The van der Waals surface area contributed by atoms with E-state index in [0.717, 1.165) is 24.3 Å². The lowest BCUT2D eigenvalue weighted by Gasteiger charge is -1.74. The summed E-state index contributed by atoms with van der Waals surface area (Å²) in [6.45, 7) is 0. The third kappa shape index (κ3) is 6.10. The average molecular weight is 155 g/mol. The molecule has 11 heavy (non-hydrogen) atoms. The largest absolute Gasteiger partial charge is 0.478 e. The first-order chi connectivity index (χ1) is 5.16. The highest BCUT2D eigenvalue weighted by Gasteiger charge is 1.88. The Morgan fingerprint density at radius 1 is 1.18 bits per heavy atom. The molecule has 0 radical (unpaired) electrons. The van der Waals surface area contributed by atoms with Gasteiger partial charge in [-0.2, -0.15) is 0 Å². The Bertz CT molecular complexity index is 229. The van der Waals surface area contributed by atoms with E-state index in [1.165, 1.54) is 0 Å². The van der Waals surface area contributed by atoms with E-state index in [-0.39, 0.29) is 0 Å². The monoisotopic (exact) mass is 155 g/mol. The molecule has 0 unspecified atom stereocenters. The predicted molar refractivity (Wildman–Crippen MR) is 36.7 cm³/mol. The van der Waals surface area contributed by atoms with Gasteiger partial charge < -0.3 is 5.11 Å². The predicted octanol–water partition coefficient (Wildman–Crippen LogP) is 0.476. The van der Waals surface area contributed by atoms with E-state index in [0.29, 0.717) is 0 Å². The number of carbonyl (C=O) groups is 2. The Kier molecular flexibility index (Phi) is 4.22. The summed E-state index contributed by atoms with van der Waals surface area (Å²) in [4.78, 5) is 29.4. The summed E-state index contributed by atoms with van der Waals surface area (Å²) in [5.41, 5.74) is 0. The summed E-state index contributed by atoms with van der Waals surface area (Å²) in [5, 5.41) is 10.1. The summed E-state index contributed by atoms with van der Waals surface area (Å²) in [7, 11) is 0. The molecule has 0 aliphatic carbocycles. The minimum Gasteiger partial charge on any atom is -0.478 e. The molecule has 0 rings (SSSR count). The molecule has 0 aromatic carbocycles. The zero-order valence-electron chi connectivity index (χ0n) is 5.43. The van der Waals surface area contributed by atoms with Crippen molar-refractivity contribution >= 4 is 11.9 Å². The zero-order chi connectivity index (χ0) is 8.69. The van der Waals surface area contributed by atoms with Crippen LogP contribution in [0, 0.1) is 4.91 Å². The summed E-state index contributed by atoms with van der Waals surface area (Å²) in [5.74, 6) is -2.07. The van der Waals surface area contributed by atoms with Crippen molar-refractivity contribution in [2.24, 2.45) is 5.18 Å². The maximum Gasteiger partial charge on any atom is 0.328 e. The number of amides is 1. The number of hydrogen-bond acceptors (Lipinski definition) is 3. The number of rotatable bonds is 3. The van der Waals surface area contributed by atoms with Crippen LogP contribution in [0.25, 0.3) is 0 Å². The van der Waals surface area contributed by atoms with Crippen molar-refractivity contribution in [1.82, 2.24) is 0 Å². The lowest BCUT2D eigenvalue weighted by molar-refractivity contribution is -0.131. The normalized spacial score (nSPS) is 10.5. The Morgan fingerprint density at radius 3 is 2.18 bits per heavy atom. The fraction of sp³-hybridized carbons (Fsp3) is 0. The Hall–Kier alpha value is -1.78. The van der Waals surface area contributed by atoms with Gasteiger partial charge in [0.1, 0.15) is 0 Å². The van der Waals surface area contributed by atoms with Gasteiger partial charge in [0, 0.05) is 17.3 Å². The maximum atomic E-state index is 10.1. The second-order valence-corrected chi connectivity index (χ2v) is 1.49. The van der Waals surface area contributed by atoms with Crippen molar-refractivity contribution in [2.75, 3.05) is 0 Å². The van der Waals surface area contributed by atoms with Gasteiger partial charge in [-0.1, -0.05) is 12.2 Å². The SMILES string of the molecule is O=NC(=O)/C=C\C=C\C(=O)O. The molecule has 1 N–H and O–H groups in total. The fourth-order valence-electron chi connectivity index (χ4n) is 0.306. The quantitative estimate of drug-likeness (QED) is 0.365. The number of carbonyl (C=O) groups excluding carboxylic acids is 1. The molecule has 0 aliphatic rings. The molecule has 0 fully saturated rings. The first-order valence-electron chi connectivity index (χ1n) is 2.62. The van der Waals surface area contributed by atoms with E-state index in [9.17, 15) is 14.5 Å². The second-order valence-electron chi connectivity index (χ2n) is 1.49. The van der Waals surface area contributed by atoms with Crippen LogP contribution >= 0.6 is 0 Å². The van der Waals surface area contributed by atoms with Gasteiger partial charge in [-0.25, -0.2) is 4.79 Å². The molecular weight excluding hydrogens is 150 g/mol. The second kappa shape index (κ2) is 5.04. The maximum absolute atomic E-state index is 10.1. The van der Waals surface area contributed by atoms with Crippen molar-refractivity contribution in [3.05, 3.63) is 29.2 Å². The van der Waals surface area contributed by atoms with Crippen LogP contribution in [-0.2, 0) is 9.59 Å². The molecule has 0 spiro atoms. The van der Waals surface area contributed by atoms with Crippen molar-refractivity contribution in [2.45, 2.75) is 0 Å². The number of nitrogens with zero attached hydrogens (tertiary/aromatic N) is 1. The highest BCUT2D eigenvalue weighted by Crippen LogP contribution is 1.80. The molecular formula is C6H5NO4. The van der Waals surface area contributed by atoms with Crippen LogP contribution in [0.1, 0.15) is 0 Å². The average Bonchev–Trinajstić information content (AvgIpc) is 1.97. The van der Waals surface area contributed by atoms with Gasteiger partial charge >= 0.3 is 11.9 Å². The number of nitroso groups, excluding NO2 is 1. The molecule has 0 aromatic rings. The van der Waals surface area contributed by atoms with Gasteiger partial charge in [-0.15, -0.1) is 4.91 Å². The topological polar surface area (TPSA) is 83.8 Å². The number of carboxylic acid groups (broad SMARTS) is 1. The van der Waals surface area contributed by atoms with Gasteiger partial charge in [0.2, 0.25) is 0 Å². The van der Waals surface area contributed by atoms with Crippen LogP contribution in [0.15, 0.2) is 29.5 Å². The smallest absolute Gasteiger partial charge is 0.328 e. The molecule has 0 aromatic heterocycles. The van der Waals surface area contributed by atoms with E-state index in [1.54, 1.807) is 0 Å². The molecule has 0 saturated carbocycles. The Balaban J connectivity index is 3.86. The van der Waals surface area contributed by atoms with E-state index >= 15 is 0 Å². The van der Waals surface area contributed by atoms with Gasteiger partial charge in [0.05, 0.1) is 0 Å². The van der Waals surface area contributed by atoms with E-state index in [2.05, 4.69) is 0 Å². The summed E-state index contributed by atoms with van der Waals surface area (Å²) >= 11 is 0. The van der Waals surface area contributed by atoms with Gasteiger partial charge in [-0.05, 0) is 0 Å². The van der Waals surface area contributed by atoms with Crippen molar-refractivity contribution < 1.29 is 14.7 Å². The lowest BCUT2D eigenvalue weighted by Crippen LogP contribution is -1.85. The third-order valence-corrected chi connectivity index (χ3v) is 0.679. The minimum absolute atomic E-state index is 0.828. The molecule has 0 bridgehead atoms. The van der Waals surface area contributed by atoms with Crippen LogP contribution in [0.4, 0.5) is 0 Å². The molecule has 5 heteroatoms. The fourth-order valence-corrected chi connectivity index (χ4v) is 0.306. The summed E-state index contributed by atoms with van der Waals surface area (Å²) in [6, 6.07) is 0. The number of hydrogen-bond donors (Lipinski definition) is 1. The number of allylic oxidation sites excluding steroid dienone is 2. The Morgan fingerprint density at radius 2 is 1.73 bits per heavy atom. The van der Waals surface area contributed by atoms with Gasteiger partial charge in [0.25, 0.3) is 0 Å². The molecule has 5 nitrogen and oxygen atoms in total. The van der Waals surface area contributed by atoms with Gasteiger partial charge in [-0.3, -0.25) is 4.79 Å². The van der Waals surface area contributed by atoms with Gasteiger partial charge in [0.15, 0.2) is 0 Å². The highest BCUT2D eigenvalue weighted by molar-refractivity contribution is 5.88. The van der Waals surface area contributed by atoms with E-state index < -0.39 is 11.9 Å². The van der Waals surface area contributed by atoms with Crippen molar-refractivity contribution in [3.63, 3.8) is 0 Å².